The fraction of sp³-hybridized carbons (Fsp3) is 0.455. The lowest BCUT2D eigenvalue weighted by molar-refractivity contribution is 0.501. The molecule has 2 aromatic heterocycles. The van der Waals surface area contributed by atoms with E-state index in [0.717, 1.165) is 0 Å². The number of nitrogens with zero attached hydrogens (tertiary/aromatic N) is 5. The Labute approximate surface area is 118 Å². The van der Waals surface area contributed by atoms with E-state index in [9.17, 15) is 4.79 Å². The molecule has 2 aromatic rings. The molecule has 0 unspecified atom stereocenters. The van der Waals surface area contributed by atoms with Gasteiger partial charge < -0.3 is 5.32 Å². The van der Waals surface area contributed by atoms with E-state index in [1.54, 1.807) is 23.3 Å². The Balaban J connectivity index is 2.05. The summed E-state index contributed by atoms with van der Waals surface area (Å²) in [6, 6.07) is 0.0352. The lowest BCUT2D eigenvalue weighted by Gasteiger charge is -2.12. The number of hydrogen-bond donors (Lipinski definition) is 1. The van der Waals surface area contributed by atoms with Gasteiger partial charge in [0.15, 0.2) is 0 Å². The van der Waals surface area contributed by atoms with Gasteiger partial charge in [-0.15, -0.1) is 5.10 Å². The summed E-state index contributed by atoms with van der Waals surface area (Å²) in [6.07, 6.45) is 5.06. The van der Waals surface area contributed by atoms with Crippen molar-refractivity contribution in [2.75, 3.05) is 11.9 Å². The Kier molecular flexibility index (Phi) is 4.31. The van der Waals surface area contributed by atoms with Crippen molar-refractivity contribution in [2.24, 2.45) is 0 Å². The van der Waals surface area contributed by atoms with Gasteiger partial charge in [0.2, 0.25) is 0 Å². The fourth-order valence-corrected chi connectivity index (χ4v) is 2.02. The van der Waals surface area contributed by atoms with E-state index in [1.807, 2.05) is 13.8 Å². The first-order chi connectivity index (χ1) is 9.09. The maximum absolute atomic E-state index is 12.0. The van der Waals surface area contributed by atoms with Crippen molar-refractivity contribution in [3.05, 3.63) is 33.4 Å². The van der Waals surface area contributed by atoms with Gasteiger partial charge >= 0.3 is 0 Å². The van der Waals surface area contributed by atoms with Gasteiger partial charge in [-0.05, 0) is 29.8 Å². The minimum absolute atomic E-state index is 0.0352. The van der Waals surface area contributed by atoms with Gasteiger partial charge in [0.05, 0.1) is 30.7 Å². The van der Waals surface area contributed by atoms with Crippen molar-refractivity contribution in [3.8, 4) is 0 Å². The first-order valence-corrected chi connectivity index (χ1v) is 6.74. The third-order valence-corrected chi connectivity index (χ3v) is 3.33. The molecule has 0 aliphatic carbocycles. The van der Waals surface area contributed by atoms with Crippen molar-refractivity contribution >= 4 is 21.6 Å². The monoisotopic (exact) mass is 326 g/mol. The van der Waals surface area contributed by atoms with Crippen LogP contribution < -0.4 is 10.9 Å². The third-order valence-electron chi connectivity index (χ3n) is 2.56. The topological polar surface area (TPSA) is 77.6 Å². The summed E-state index contributed by atoms with van der Waals surface area (Å²) in [5, 5.41) is 14.9. The second kappa shape index (κ2) is 5.96. The molecular formula is C11H15BrN6O. The summed E-state index contributed by atoms with van der Waals surface area (Å²) in [4.78, 5) is 12.0. The molecule has 19 heavy (non-hydrogen) atoms. The zero-order valence-electron chi connectivity index (χ0n) is 10.7. The smallest absolute Gasteiger partial charge is 0.283 e. The second-order valence-electron chi connectivity index (χ2n) is 4.31. The molecule has 2 rings (SSSR count). The van der Waals surface area contributed by atoms with Crippen molar-refractivity contribution in [3.63, 3.8) is 0 Å². The van der Waals surface area contributed by atoms with Crippen LogP contribution in [-0.4, -0.2) is 31.3 Å². The number of hydrogen-bond acceptors (Lipinski definition) is 5. The van der Waals surface area contributed by atoms with E-state index >= 15 is 0 Å². The van der Waals surface area contributed by atoms with E-state index in [0.29, 0.717) is 23.2 Å². The van der Waals surface area contributed by atoms with Crippen LogP contribution in [0.3, 0.4) is 0 Å². The highest BCUT2D eigenvalue weighted by Crippen LogP contribution is 2.16. The molecule has 0 fully saturated rings. The number of halogens is 1. The second-order valence-corrected chi connectivity index (χ2v) is 5.10. The molecule has 0 saturated heterocycles. The molecule has 8 heteroatoms. The van der Waals surface area contributed by atoms with Crippen molar-refractivity contribution < 1.29 is 0 Å². The lowest BCUT2D eigenvalue weighted by Crippen LogP contribution is -2.26. The van der Waals surface area contributed by atoms with Crippen molar-refractivity contribution in [1.29, 1.82) is 0 Å². The molecule has 0 aliphatic heterocycles. The van der Waals surface area contributed by atoms with Crippen molar-refractivity contribution in [2.45, 2.75) is 26.4 Å². The molecule has 7 nitrogen and oxygen atoms in total. The van der Waals surface area contributed by atoms with Crippen LogP contribution in [-0.2, 0) is 6.54 Å². The Morgan fingerprint density at radius 3 is 2.89 bits per heavy atom. The fourth-order valence-electron chi connectivity index (χ4n) is 1.59. The van der Waals surface area contributed by atoms with Crippen LogP contribution >= 0.6 is 15.9 Å². The number of nitrogens with one attached hydrogen (secondary N) is 1. The maximum Gasteiger partial charge on any atom is 0.283 e. The van der Waals surface area contributed by atoms with Crippen LogP contribution in [0.1, 0.15) is 19.9 Å². The zero-order valence-corrected chi connectivity index (χ0v) is 12.3. The van der Waals surface area contributed by atoms with E-state index in [4.69, 9.17) is 0 Å². The molecule has 0 aromatic carbocycles. The van der Waals surface area contributed by atoms with E-state index in [1.165, 1.54) is 4.68 Å². The Morgan fingerprint density at radius 2 is 2.26 bits per heavy atom. The minimum Gasteiger partial charge on any atom is -0.381 e. The van der Waals surface area contributed by atoms with E-state index in [2.05, 4.69) is 36.7 Å². The number of aromatic nitrogens is 5. The van der Waals surface area contributed by atoms with E-state index < -0.39 is 0 Å². The highest BCUT2D eigenvalue weighted by atomic mass is 79.9. The predicted octanol–water partition coefficient (Wildman–Crippen LogP) is 1.29. The Morgan fingerprint density at radius 1 is 1.47 bits per heavy atom. The highest BCUT2D eigenvalue weighted by molar-refractivity contribution is 9.10. The number of anilines is 1. The average molecular weight is 327 g/mol. The summed E-state index contributed by atoms with van der Waals surface area (Å²) in [5.74, 6) is 0. The zero-order chi connectivity index (χ0) is 13.8. The lowest BCUT2D eigenvalue weighted by atomic mass is 10.4. The summed E-state index contributed by atoms with van der Waals surface area (Å²) in [7, 11) is 0. The van der Waals surface area contributed by atoms with Crippen LogP contribution in [0.15, 0.2) is 27.9 Å². The van der Waals surface area contributed by atoms with Crippen LogP contribution in [0.4, 0.5) is 5.69 Å². The molecule has 0 atom stereocenters. The van der Waals surface area contributed by atoms with Gasteiger partial charge in [-0.25, -0.2) is 4.68 Å². The first kappa shape index (κ1) is 13.7. The summed E-state index contributed by atoms with van der Waals surface area (Å²) < 4.78 is 3.64. The third kappa shape index (κ3) is 3.19. The van der Waals surface area contributed by atoms with Gasteiger partial charge in [0.25, 0.3) is 5.56 Å². The van der Waals surface area contributed by atoms with Crippen LogP contribution in [0, 0.1) is 0 Å². The summed E-state index contributed by atoms with van der Waals surface area (Å²) >= 11 is 3.31. The molecule has 0 saturated carbocycles. The highest BCUT2D eigenvalue weighted by Gasteiger charge is 2.10. The minimum atomic E-state index is -0.138. The molecule has 0 bridgehead atoms. The van der Waals surface area contributed by atoms with Gasteiger partial charge in [0.1, 0.15) is 4.47 Å². The van der Waals surface area contributed by atoms with Crippen LogP contribution in [0.2, 0.25) is 0 Å². The van der Waals surface area contributed by atoms with E-state index in [-0.39, 0.29) is 11.6 Å². The molecule has 0 radical (unpaired) electrons. The van der Waals surface area contributed by atoms with Gasteiger partial charge in [-0.1, -0.05) is 5.21 Å². The predicted molar refractivity (Wildman–Crippen MR) is 75.1 cm³/mol. The molecule has 0 spiro atoms. The number of rotatable bonds is 5. The standard InChI is InChI=1S/C11H15BrN6O/c1-8(2)18-11(19)10(12)9(7-15-18)13-3-5-17-6-4-14-16-17/h4,6-8,13H,3,5H2,1-2H3. The maximum atomic E-state index is 12.0. The molecule has 102 valence electrons. The quantitative estimate of drug-likeness (QED) is 0.895. The van der Waals surface area contributed by atoms with Gasteiger partial charge in [0, 0.05) is 12.7 Å². The average Bonchev–Trinajstić information content (AvgIpc) is 2.87. The SMILES string of the molecule is CC(C)n1ncc(NCCn2ccnn2)c(Br)c1=O. The van der Waals surface area contributed by atoms with Gasteiger partial charge in [-0.2, -0.15) is 5.10 Å². The molecule has 1 N–H and O–H groups in total. The Bertz CT molecular complexity index is 592. The van der Waals surface area contributed by atoms with Crippen LogP contribution in [0.5, 0.6) is 0 Å². The Hall–Kier alpha value is -1.70. The van der Waals surface area contributed by atoms with Crippen molar-refractivity contribution in [1.82, 2.24) is 24.8 Å². The van der Waals surface area contributed by atoms with Crippen LogP contribution in [0.25, 0.3) is 0 Å². The molecule has 0 aliphatic rings. The molecule has 0 amide bonds. The first-order valence-electron chi connectivity index (χ1n) is 5.95. The summed E-state index contributed by atoms with van der Waals surface area (Å²) in [5.41, 5.74) is 0.544. The normalized spacial score (nSPS) is 10.9. The molecule has 2 heterocycles. The van der Waals surface area contributed by atoms with Gasteiger partial charge in [-0.3, -0.25) is 9.48 Å². The molecular weight excluding hydrogens is 312 g/mol. The largest absolute Gasteiger partial charge is 0.381 e. The summed E-state index contributed by atoms with van der Waals surface area (Å²) in [6.45, 7) is 5.13.